The first-order valence-corrected chi connectivity index (χ1v) is 5.50. The number of fused-ring (bicyclic) bond motifs is 1. The van der Waals surface area contributed by atoms with Gasteiger partial charge in [-0.2, -0.15) is 0 Å². The molecule has 0 N–H and O–H groups in total. The lowest BCUT2D eigenvalue weighted by Crippen LogP contribution is -2.17. The lowest BCUT2D eigenvalue weighted by Gasteiger charge is -2.20. The molecule has 15 heavy (non-hydrogen) atoms. The highest BCUT2D eigenvalue weighted by Crippen LogP contribution is 2.32. The first-order valence-electron chi connectivity index (χ1n) is 5.50. The van der Waals surface area contributed by atoms with E-state index >= 15 is 0 Å². The van der Waals surface area contributed by atoms with Gasteiger partial charge in [0, 0.05) is 10.8 Å². The van der Waals surface area contributed by atoms with Gasteiger partial charge in [0.05, 0.1) is 5.69 Å². The third-order valence-corrected chi connectivity index (χ3v) is 2.89. The molecule has 0 saturated carbocycles. The van der Waals surface area contributed by atoms with Crippen molar-refractivity contribution in [2.45, 2.75) is 39.0 Å². The van der Waals surface area contributed by atoms with Gasteiger partial charge in [-0.05, 0) is 18.6 Å². The van der Waals surface area contributed by atoms with Crippen molar-refractivity contribution in [2.75, 3.05) is 0 Å². The predicted molar refractivity (Wildman–Crippen MR) is 61.9 cm³/mol. The quantitative estimate of drug-likeness (QED) is 0.756. The number of benzene rings is 1. The number of aromatic nitrogens is 1. The summed E-state index contributed by atoms with van der Waals surface area (Å²) in [5.74, 6) is 0. The molecule has 0 unspecified atom stereocenters. The Morgan fingerprint density at radius 2 is 2.00 bits per heavy atom. The fraction of sp³-hybridized carbons (Fsp3) is 0.462. The molecule has 0 aliphatic rings. The van der Waals surface area contributed by atoms with Gasteiger partial charge in [-0.1, -0.05) is 44.5 Å². The fourth-order valence-corrected chi connectivity index (χ4v) is 2.12. The van der Waals surface area contributed by atoms with Crippen LogP contribution in [0.1, 0.15) is 39.3 Å². The summed E-state index contributed by atoms with van der Waals surface area (Å²) in [6.45, 7) is 6.64. The maximum Gasteiger partial charge on any atom is 0.167 e. The van der Waals surface area contributed by atoms with Gasteiger partial charge in [-0.3, -0.25) is 0 Å². The van der Waals surface area contributed by atoms with Crippen LogP contribution in [-0.4, -0.2) is 5.16 Å². The SMILES string of the molecule is CCCC(C)(C)c1noc2ccccc12. The molecule has 1 heterocycles. The number of rotatable bonds is 3. The monoisotopic (exact) mass is 203 g/mol. The number of para-hydroxylation sites is 1. The molecule has 2 heteroatoms. The molecule has 1 aromatic carbocycles. The van der Waals surface area contributed by atoms with Crippen molar-refractivity contribution in [2.24, 2.45) is 0 Å². The molecule has 0 aliphatic carbocycles. The molecule has 0 amide bonds. The van der Waals surface area contributed by atoms with Gasteiger partial charge < -0.3 is 4.52 Å². The van der Waals surface area contributed by atoms with Crippen LogP contribution in [0.2, 0.25) is 0 Å². The average molecular weight is 203 g/mol. The molecule has 0 fully saturated rings. The van der Waals surface area contributed by atoms with E-state index in [0.29, 0.717) is 0 Å². The van der Waals surface area contributed by atoms with Gasteiger partial charge in [0.1, 0.15) is 0 Å². The minimum absolute atomic E-state index is 0.0986. The molecule has 2 rings (SSSR count). The van der Waals surface area contributed by atoms with Gasteiger partial charge in [0.2, 0.25) is 0 Å². The van der Waals surface area contributed by atoms with Crippen molar-refractivity contribution in [3.63, 3.8) is 0 Å². The second kappa shape index (κ2) is 3.69. The van der Waals surface area contributed by atoms with Crippen LogP contribution in [-0.2, 0) is 5.41 Å². The van der Waals surface area contributed by atoms with Gasteiger partial charge >= 0.3 is 0 Å². The van der Waals surface area contributed by atoms with Gasteiger partial charge in [-0.15, -0.1) is 0 Å². The summed E-state index contributed by atoms with van der Waals surface area (Å²) < 4.78 is 5.33. The first-order chi connectivity index (χ1) is 7.15. The highest BCUT2D eigenvalue weighted by Gasteiger charge is 2.25. The number of hydrogen-bond acceptors (Lipinski definition) is 2. The van der Waals surface area contributed by atoms with Crippen LogP contribution in [0.25, 0.3) is 11.0 Å². The van der Waals surface area contributed by atoms with Crippen LogP contribution in [0.4, 0.5) is 0 Å². The van der Waals surface area contributed by atoms with Crippen molar-refractivity contribution >= 4 is 11.0 Å². The minimum Gasteiger partial charge on any atom is -0.356 e. The van der Waals surface area contributed by atoms with Gasteiger partial charge in [0.25, 0.3) is 0 Å². The van der Waals surface area contributed by atoms with Crippen molar-refractivity contribution in [1.29, 1.82) is 0 Å². The van der Waals surface area contributed by atoms with Crippen LogP contribution < -0.4 is 0 Å². The molecule has 0 spiro atoms. The second-order valence-electron chi connectivity index (χ2n) is 4.66. The summed E-state index contributed by atoms with van der Waals surface area (Å²) in [5.41, 5.74) is 2.07. The van der Waals surface area contributed by atoms with E-state index in [1.165, 1.54) is 0 Å². The predicted octanol–water partition coefficient (Wildman–Crippen LogP) is 3.91. The van der Waals surface area contributed by atoms with E-state index in [4.69, 9.17) is 4.52 Å². The molecule has 0 atom stereocenters. The molecule has 0 saturated heterocycles. The summed E-state index contributed by atoms with van der Waals surface area (Å²) in [4.78, 5) is 0. The van der Waals surface area contributed by atoms with Crippen molar-refractivity contribution in [1.82, 2.24) is 5.16 Å². The molecule has 0 radical (unpaired) electrons. The van der Waals surface area contributed by atoms with Gasteiger partial charge in [0.15, 0.2) is 5.58 Å². The Hall–Kier alpha value is -1.31. The highest BCUT2D eigenvalue weighted by atomic mass is 16.5. The summed E-state index contributed by atoms with van der Waals surface area (Å²) in [6, 6.07) is 8.06. The van der Waals surface area contributed by atoms with E-state index in [-0.39, 0.29) is 5.41 Å². The Morgan fingerprint density at radius 3 is 2.73 bits per heavy atom. The summed E-state index contributed by atoms with van der Waals surface area (Å²) in [5, 5.41) is 5.36. The number of nitrogens with zero attached hydrogens (tertiary/aromatic N) is 1. The van der Waals surface area contributed by atoms with Crippen LogP contribution in [0.15, 0.2) is 28.8 Å². The lowest BCUT2D eigenvalue weighted by molar-refractivity contribution is 0.392. The van der Waals surface area contributed by atoms with Crippen LogP contribution in [0.5, 0.6) is 0 Å². The smallest absolute Gasteiger partial charge is 0.167 e. The topological polar surface area (TPSA) is 26.0 Å². The van der Waals surface area contributed by atoms with Crippen molar-refractivity contribution < 1.29 is 4.52 Å². The zero-order valence-corrected chi connectivity index (χ0v) is 9.58. The second-order valence-corrected chi connectivity index (χ2v) is 4.66. The lowest BCUT2D eigenvalue weighted by atomic mass is 9.83. The molecule has 0 bridgehead atoms. The van der Waals surface area contributed by atoms with Crippen molar-refractivity contribution in [3.05, 3.63) is 30.0 Å². The van der Waals surface area contributed by atoms with Crippen molar-refractivity contribution in [3.8, 4) is 0 Å². The summed E-state index contributed by atoms with van der Waals surface area (Å²) >= 11 is 0. The normalized spacial score (nSPS) is 12.2. The Kier molecular flexibility index (Phi) is 2.51. The van der Waals surface area contributed by atoms with E-state index in [2.05, 4.69) is 32.0 Å². The number of hydrogen-bond donors (Lipinski definition) is 0. The van der Waals surface area contributed by atoms with E-state index in [9.17, 15) is 0 Å². The van der Waals surface area contributed by atoms with Gasteiger partial charge in [-0.25, -0.2) is 0 Å². The third-order valence-electron chi connectivity index (χ3n) is 2.89. The Labute approximate surface area is 90.3 Å². The molecule has 2 aromatic rings. The molecular formula is C13H17NO. The molecule has 1 aromatic heterocycles. The zero-order valence-electron chi connectivity index (χ0n) is 9.58. The highest BCUT2D eigenvalue weighted by molar-refractivity contribution is 5.80. The van der Waals surface area contributed by atoms with E-state index in [0.717, 1.165) is 29.5 Å². The fourth-order valence-electron chi connectivity index (χ4n) is 2.12. The average Bonchev–Trinajstić information content (AvgIpc) is 2.61. The Balaban J connectivity index is 2.52. The summed E-state index contributed by atoms with van der Waals surface area (Å²) in [6.07, 6.45) is 2.29. The maximum atomic E-state index is 5.33. The Bertz CT molecular complexity index is 456. The van der Waals surface area contributed by atoms with Crippen LogP contribution in [0.3, 0.4) is 0 Å². The van der Waals surface area contributed by atoms with Crippen LogP contribution >= 0.6 is 0 Å². The molecule has 2 nitrogen and oxygen atoms in total. The molecule has 0 aliphatic heterocycles. The zero-order chi connectivity index (χ0) is 10.9. The largest absolute Gasteiger partial charge is 0.356 e. The van der Waals surface area contributed by atoms with Crippen LogP contribution in [0, 0.1) is 0 Å². The molecule has 80 valence electrons. The Morgan fingerprint density at radius 1 is 1.27 bits per heavy atom. The summed E-state index contributed by atoms with van der Waals surface area (Å²) in [7, 11) is 0. The van der Waals surface area contributed by atoms with E-state index in [1.807, 2.05) is 18.2 Å². The first kappa shape index (κ1) is 10.2. The standard InChI is InChI=1S/C13H17NO/c1-4-9-13(2,3)12-10-7-5-6-8-11(10)15-14-12/h5-8H,4,9H2,1-3H3. The van der Waals surface area contributed by atoms with E-state index in [1.54, 1.807) is 0 Å². The van der Waals surface area contributed by atoms with E-state index < -0.39 is 0 Å². The molecular weight excluding hydrogens is 186 g/mol. The maximum absolute atomic E-state index is 5.33. The third kappa shape index (κ3) is 1.76. The minimum atomic E-state index is 0.0986.